The number of carbonyl (C=O) groups is 2. The van der Waals surface area contributed by atoms with E-state index in [9.17, 15) is 14.9 Å². The summed E-state index contributed by atoms with van der Waals surface area (Å²) in [6.45, 7) is -0.384. The van der Waals surface area contributed by atoms with Crippen molar-refractivity contribution in [2.45, 2.75) is 9.79 Å². The Morgan fingerprint density at radius 3 is 2.36 bits per heavy atom. The average Bonchev–Trinajstić information content (AvgIpc) is 3.32. The van der Waals surface area contributed by atoms with E-state index in [0.29, 0.717) is 17.1 Å². The van der Waals surface area contributed by atoms with Gasteiger partial charge in [0.05, 0.1) is 11.4 Å². The van der Waals surface area contributed by atoms with Crippen molar-refractivity contribution in [3.63, 3.8) is 0 Å². The van der Waals surface area contributed by atoms with Crippen molar-refractivity contribution in [3.05, 3.63) is 77.9 Å². The van der Waals surface area contributed by atoms with Crippen LogP contribution in [0, 0.1) is 11.3 Å². The summed E-state index contributed by atoms with van der Waals surface area (Å²) in [6, 6.07) is 22.0. The molecule has 7 nitrogen and oxygen atoms in total. The first-order valence-electron chi connectivity index (χ1n) is 10.0. The largest absolute Gasteiger partial charge is 0.454 e. The fourth-order valence-electron chi connectivity index (χ4n) is 3.55. The van der Waals surface area contributed by atoms with Crippen molar-refractivity contribution in [3.8, 4) is 17.6 Å². The Morgan fingerprint density at radius 1 is 1.00 bits per heavy atom. The monoisotopic (exact) mass is 456 g/mol. The Morgan fingerprint density at radius 2 is 1.67 bits per heavy atom. The molecule has 0 radical (unpaired) electrons. The van der Waals surface area contributed by atoms with Gasteiger partial charge >= 0.3 is 5.97 Å². The molecule has 0 bridgehead atoms. The Kier molecular flexibility index (Phi) is 5.47. The van der Waals surface area contributed by atoms with Crippen LogP contribution in [0.3, 0.4) is 0 Å². The van der Waals surface area contributed by atoms with Crippen LogP contribution in [0.25, 0.3) is 6.08 Å². The highest BCUT2D eigenvalue weighted by Gasteiger charge is 2.28. The van der Waals surface area contributed by atoms with Crippen molar-refractivity contribution in [2.24, 2.45) is 0 Å². The summed E-state index contributed by atoms with van der Waals surface area (Å²) in [5.41, 5.74) is 1.80. The van der Waals surface area contributed by atoms with Gasteiger partial charge in [-0.15, -0.1) is 0 Å². The highest BCUT2D eigenvalue weighted by molar-refractivity contribution is 7.99. The Balaban J connectivity index is 1.34. The van der Waals surface area contributed by atoms with Crippen LogP contribution in [0.1, 0.15) is 5.56 Å². The van der Waals surface area contributed by atoms with Crippen LogP contribution in [0.15, 0.2) is 82.1 Å². The van der Waals surface area contributed by atoms with Gasteiger partial charge in [0.1, 0.15) is 11.6 Å². The SMILES string of the molecule is N#C/C(=C\c1ccc2c(c1)OCO2)C(=O)OCC(=O)N1c2ccccc2Sc2ccccc21. The smallest absolute Gasteiger partial charge is 0.349 e. The van der Waals surface area contributed by atoms with Gasteiger partial charge in [0.15, 0.2) is 18.1 Å². The normalized spacial score (nSPS) is 13.5. The van der Waals surface area contributed by atoms with Crippen molar-refractivity contribution in [1.29, 1.82) is 5.26 Å². The lowest BCUT2D eigenvalue weighted by atomic mass is 10.1. The minimum atomic E-state index is -0.878. The molecule has 162 valence electrons. The number of fused-ring (bicyclic) bond motifs is 3. The minimum absolute atomic E-state index is 0.124. The number of anilines is 2. The number of esters is 1. The molecule has 3 aromatic carbocycles. The molecule has 2 aliphatic rings. The highest BCUT2D eigenvalue weighted by atomic mass is 32.2. The second-order valence-electron chi connectivity index (χ2n) is 7.13. The lowest BCUT2D eigenvalue weighted by Gasteiger charge is -2.30. The van der Waals surface area contributed by atoms with Crippen molar-refractivity contribution >= 4 is 41.1 Å². The van der Waals surface area contributed by atoms with Gasteiger partial charge in [-0.05, 0) is 48.0 Å². The van der Waals surface area contributed by atoms with Gasteiger partial charge in [0.25, 0.3) is 5.91 Å². The second kappa shape index (κ2) is 8.73. The predicted octanol–water partition coefficient (Wildman–Crippen LogP) is 4.69. The molecular formula is C25H16N2O5S. The average molecular weight is 456 g/mol. The first kappa shape index (κ1) is 20.7. The summed E-state index contributed by atoms with van der Waals surface area (Å²) < 4.78 is 15.8. The number of carbonyl (C=O) groups excluding carboxylic acids is 2. The molecule has 5 rings (SSSR count). The van der Waals surface area contributed by atoms with Gasteiger partial charge in [-0.3, -0.25) is 9.69 Å². The Labute approximate surface area is 193 Å². The number of para-hydroxylation sites is 2. The number of nitrogens with zero attached hydrogens (tertiary/aromatic N) is 2. The van der Waals surface area contributed by atoms with E-state index in [2.05, 4.69) is 0 Å². The number of ether oxygens (including phenoxy) is 3. The van der Waals surface area contributed by atoms with Gasteiger partial charge in [-0.1, -0.05) is 42.1 Å². The second-order valence-corrected chi connectivity index (χ2v) is 8.21. The molecule has 2 aliphatic heterocycles. The standard InChI is InChI=1S/C25H16N2O5S/c26-13-17(11-16-9-10-20-21(12-16)32-15-31-20)25(29)30-14-24(28)27-18-5-1-3-7-22(18)33-23-8-4-2-6-19(23)27/h1-12H,14-15H2/b17-11+. The number of hydrogen-bond donors (Lipinski definition) is 0. The van der Waals surface area contributed by atoms with Gasteiger partial charge < -0.3 is 14.2 Å². The van der Waals surface area contributed by atoms with Gasteiger partial charge in [0.2, 0.25) is 6.79 Å². The molecule has 0 saturated heterocycles. The number of nitriles is 1. The predicted molar refractivity (Wildman–Crippen MR) is 121 cm³/mol. The van der Waals surface area contributed by atoms with E-state index in [-0.39, 0.29) is 12.4 Å². The lowest BCUT2D eigenvalue weighted by molar-refractivity contribution is -0.143. The fraction of sp³-hybridized carbons (Fsp3) is 0.0800. The van der Waals surface area contributed by atoms with Crippen molar-refractivity contribution in [1.82, 2.24) is 0 Å². The van der Waals surface area contributed by atoms with E-state index >= 15 is 0 Å². The molecule has 1 amide bonds. The Hall–Kier alpha value is -4.22. The number of rotatable bonds is 4. The van der Waals surface area contributed by atoms with Crippen LogP contribution in [-0.4, -0.2) is 25.3 Å². The maximum Gasteiger partial charge on any atom is 0.349 e. The summed E-state index contributed by atoms with van der Waals surface area (Å²) >= 11 is 1.57. The molecule has 8 heteroatoms. The maximum absolute atomic E-state index is 13.1. The third-order valence-electron chi connectivity index (χ3n) is 5.06. The molecule has 0 aromatic heterocycles. The van der Waals surface area contributed by atoms with E-state index in [4.69, 9.17) is 14.2 Å². The minimum Gasteiger partial charge on any atom is -0.454 e. The van der Waals surface area contributed by atoms with Crippen molar-refractivity contribution in [2.75, 3.05) is 18.3 Å². The summed E-state index contributed by atoms with van der Waals surface area (Å²) in [7, 11) is 0. The zero-order valence-corrected chi connectivity index (χ0v) is 18.0. The first-order valence-corrected chi connectivity index (χ1v) is 10.8. The van der Waals surface area contributed by atoms with E-state index in [1.54, 1.807) is 34.9 Å². The number of amides is 1. The molecule has 2 heterocycles. The molecule has 0 fully saturated rings. The number of hydrogen-bond acceptors (Lipinski definition) is 7. The van der Waals surface area contributed by atoms with Crippen LogP contribution in [0.5, 0.6) is 11.5 Å². The molecular weight excluding hydrogens is 440 g/mol. The van der Waals surface area contributed by atoms with Gasteiger partial charge in [-0.25, -0.2) is 4.79 Å². The van der Waals surface area contributed by atoms with Gasteiger partial charge in [0, 0.05) is 9.79 Å². The molecule has 3 aromatic rings. The quantitative estimate of drug-likeness (QED) is 0.320. The molecule has 0 atom stereocenters. The summed E-state index contributed by atoms with van der Waals surface area (Å²) in [5, 5.41) is 9.45. The van der Waals surface area contributed by atoms with Crippen LogP contribution in [0.4, 0.5) is 11.4 Å². The van der Waals surface area contributed by atoms with Crippen LogP contribution in [-0.2, 0) is 14.3 Å². The zero-order valence-electron chi connectivity index (χ0n) is 17.2. The molecule has 0 N–H and O–H groups in total. The van der Waals surface area contributed by atoms with E-state index in [1.165, 1.54) is 6.08 Å². The fourth-order valence-corrected chi connectivity index (χ4v) is 4.61. The maximum atomic E-state index is 13.1. The molecule has 33 heavy (non-hydrogen) atoms. The molecule has 0 unspecified atom stereocenters. The molecule has 0 spiro atoms. The molecule has 0 aliphatic carbocycles. The zero-order chi connectivity index (χ0) is 22.8. The lowest BCUT2D eigenvalue weighted by Crippen LogP contribution is -2.32. The van der Waals surface area contributed by atoms with E-state index < -0.39 is 18.5 Å². The van der Waals surface area contributed by atoms with Crippen molar-refractivity contribution < 1.29 is 23.8 Å². The van der Waals surface area contributed by atoms with E-state index in [1.807, 2.05) is 54.6 Å². The topological polar surface area (TPSA) is 88.9 Å². The summed E-state index contributed by atoms with van der Waals surface area (Å²) in [4.78, 5) is 29.1. The first-order chi connectivity index (χ1) is 16.1. The molecule has 0 saturated carbocycles. The van der Waals surface area contributed by atoms with Crippen LogP contribution in [0.2, 0.25) is 0 Å². The number of benzene rings is 3. The highest BCUT2D eigenvalue weighted by Crippen LogP contribution is 2.47. The summed E-state index contributed by atoms with van der Waals surface area (Å²) in [6.07, 6.45) is 1.39. The summed E-state index contributed by atoms with van der Waals surface area (Å²) in [5.74, 6) is -0.163. The third kappa shape index (κ3) is 4.02. The van der Waals surface area contributed by atoms with Crippen LogP contribution < -0.4 is 14.4 Å². The van der Waals surface area contributed by atoms with E-state index in [0.717, 1.165) is 21.2 Å². The van der Waals surface area contributed by atoms with Crippen LogP contribution >= 0.6 is 11.8 Å². The van der Waals surface area contributed by atoms with Gasteiger partial charge in [-0.2, -0.15) is 5.26 Å². The third-order valence-corrected chi connectivity index (χ3v) is 6.19. The Bertz CT molecular complexity index is 1300.